The average molecular weight is 472 g/mol. The number of nitrogens with zero attached hydrogens (tertiary/aromatic N) is 2. The van der Waals surface area contributed by atoms with Crippen LogP contribution in [0.3, 0.4) is 0 Å². The largest absolute Gasteiger partial charge is 3.00 e. The number of aromatic nitrogens is 1. The molecule has 5 rings (SSSR count). The van der Waals surface area contributed by atoms with Gasteiger partial charge in [0.25, 0.3) is 0 Å². The molecule has 0 saturated carbocycles. The molecule has 133 valence electrons. The molecule has 2 nitrogen and oxygen atoms in total. The number of halogens is 2. The van der Waals surface area contributed by atoms with Crippen LogP contribution in [-0.4, -0.2) is 10.7 Å². The fourth-order valence-corrected chi connectivity index (χ4v) is 2.93. The second-order valence-corrected chi connectivity index (χ2v) is 5.85. The first-order valence-electron chi connectivity index (χ1n) is 8.02. The Labute approximate surface area is 191 Å². The van der Waals surface area contributed by atoms with Gasteiger partial charge in [-0.25, -0.2) is 0 Å². The van der Waals surface area contributed by atoms with Crippen LogP contribution in [0.4, 0.5) is 0 Å². The molecule has 3 aromatic rings. The van der Waals surface area contributed by atoms with E-state index in [-0.39, 0.29) is 51.0 Å². The van der Waals surface area contributed by atoms with Crippen molar-refractivity contribution in [2.24, 2.45) is 4.99 Å². The summed E-state index contributed by atoms with van der Waals surface area (Å²) in [7, 11) is 0. The number of aliphatic imine (C=N–C) groups is 1. The Morgan fingerprint density at radius 3 is 2.44 bits per heavy atom. The molecule has 0 amide bonds. The Morgan fingerprint density at radius 2 is 1.74 bits per heavy atom. The quantitative estimate of drug-likeness (QED) is 0.438. The number of fused-ring (bicyclic) bond motifs is 2. The van der Waals surface area contributed by atoms with Crippen LogP contribution in [0.25, 0.3) is 22.0 Å². The summed E-state index contributed by atoms with van der Waals surface area (Å²) in [6.45, 7) is 2.01. The average Bonchev–Trinajstić information content (AvgIpc) is 3.30. The molecular weight excluding hydrogens is 454 g/mol. The van der Waals surface area contributed by atoms with Crippen LogP contribution in [0.2, 0.25) is 0 Å². The number of hydrogen-bond donors (Lipinski definition) is 0. The normalized spacial score (nSPS) is 13.0. The number of pyridine rings is 1. The minimum atomic E-state index is 0. The molecule has 2 aromatic carbocycles. The summed E-state index contributed by atoms with van der Waals surface area (Å²) in [5.41, 5.74) is 5.71. The second-order valence-electron chi connectivity index (χ2n) is 5.85. The molecule has 1 radical (unpaired) electrons. The maximum atomic E-state index is 4.34. The van der Waals surface area contributed by atoms with E-state index in [2.05, 4.69) is 58.5 Å². The molecule has 0 saturated heterocycles. The Bertz CT molecular complexity index is 982. The molecule has 5 heteroatoms. The number of benzene rings is 1. The van der Waals surface area contributed by atoms with Crippen molar-refractivity contribution in [3.63, 3.8) is 0 Å². The molecule has 1 aliphatic heterocycles. The summed E-state index contributed by atoms with van der Waals surface area (Å²) in [4.78, 5) is 8.62. The smallest absolute Gasteiger partial charge is 1.00 e. The van der Waals surface area contributed by atoms with Crippen molar-refractivity contribution in [2.45, 2.75) is 6.92 Å². The molecule has 0 atom stereocenters. The molecule has 0 bridgehead atoms. The van der Waals surface area contributed by atoms with Gasteiger partial charge < -0.3 is 24.8 Å². The van der Waals surface area contributed by atoms with Crippen molar-refractivity contribution in [3.8, 4) is 11.3 Å². The first-order valence-corrected chi connectivity index (χ1v) is 8.02. The van der Waals surface area contributed by atoms with Gasteiger partial charge in [-0.15, -0.1) is 34.5 Å². The number of hydrogen-bond acceptors (Lipinski definition) is 2. The first-order chi connectivity index (χ1) is 11.8. The van der Waals surface area contributed by atoms with Gasteiger partial charge in [0.2, 0.25) is 0 Å². The minimum absolute atomic E-state index is 0. The van der Waals surface area contributed by atoms with Gasteiger partial charge in [-0.2, -0.15) is 0 Å². The van der Waals surface area contributed by atoms with Crippen molar-refractivity contribution in [1.29, 1.82) is 0 Å². The van der Waals surface area contributed by atoms with Crippen LogP contribution in [0.1, 0.15) is 6.92 Å². The summed E-state index contributed by atoms with van der Waals surface area (Å²) in [5, 5.41) is 2.55. The van der Waals surface area contributed by atoms with Crippen LogP contribution >= 0.6 is 0 Å². The molecule has 0 spiro atoms. The Hall–Kier alpha value is -1.67. The fourth-order valence-electron chi connectivity index (χ4n) is 2.93. The number of rotatable bonds is 1. The third-order valence-corrected chi connectivity index (χ3v) is 4.07. The van der Waals surface area contributed by atoms with Gasteiger partial charge >= 0.3 is 26.2 Å². The summed E-state index contributed by atoms with van der Waals surface area (Å²) >= 11 is 0. The van der Waals surface area contributed by atoms with Crippen LogP contribution in [0.15, 0.2) is 101 Å². The number of allylic oxidation sites excluding steroid dienone is 4. The third-order valence-electron chi connectivity index (χ3n) is 4.07. The van der Waals surface area contributed by atoms with Crippen molar-refractivity contribution in [1.82, 2.24) is 4.98 Å². The fraction of sp³-hybridized carbons (Fsp3) is 0.0455. The molecule has 2 aliphatic rings. The van der Waals surface area contributed by atoms with Crippen molar-refractivity contribution in [3.05, 3.63) is 96.4 Å². The minimum Gasteiger partial charge on any atom is -1.00 e. The van der Waals surface area contributed by atoms with E-state index in [9.17, 15) is 0 Å². The van der Waals surface area contributed by atoms with Crippen LogP contribution in [0.5, 0.6) is 0 Å². The predicted molar refractivity (Wildman–Crippen MR) is 101 cm³/mol. The van der Waals surface area contributed by atoms with E-state index in [0.29, 0.717) is 0 Å². The summed E-state index contributed by atoms with van der Waals surface area (Å²) in [5.74, 6) is 0. The summed E-state index contributed by atoms with van der Waals surface area (Å²) in [6.07, 6.45) is 10.1. The van der Waals surface area contributed by atoms with E-state index < -0.39 is 0 Å². The third kappa shape index (κ3) is 5.42. The monoisotopic (exact) mass is 469 g/mol. The maximum absolute atomic E-state index is 4.34. The molecule has 1 aliphatic carbocycles. The van der Waals surface area contributed by atoms with E-state index in [1.165, 1.54) is 21.9 Å². The van der Waals surface area contributed by atoms with Crippen LogP contribution in [-0.2, 0) is 26.2 Å². The zero-order valence-electron chi connectivity index (χ0n) is 14.7. The molecule has 1 aromatic heterocycles. The summed E-state index contributed by atoms with van der Waals surface area (Å²) < 4.78 is 0. The van der Waals surface area contributed by atoms with Crippen molar-refractivity contribution >= 4 is 16.5 Å². The summed E-state index contributed by atoms with van der Waals surface area (Å²) in [6, 6.07) is 18.7. The standard InChI is InChI=1S/C14H10N.C8H7N.2ClH.Zr/c1-2-6-12-10-13(9-11(12)5-1)14-7-3-4-8-15-14;1-6-5-7-3-2-4-8(7)9-6;;;/h1-10H;2-5H,1H3;2*1H;/q-1;;;;+3/p-2. The first kappa shape index (κ1) is 23.4. The zero-order chi connectivity index (χ0) is 16.4. The molecule has 0 fully saturated rings. The van der Waals surface area contributed by atoms with Gasteiger partial charge in [0.1, 0.15) is 0 Å². The molecule has 0 N–H and O–H groups in total. The van der Waals surface area contributed by atoms with Gasteiger partial charge in [-0.05, 0) is 25.1 Å². The van der Waals surface area contributed by atoms with Gasteiger partial charge in [-0.3, -0.25) is 9.98 Å². The molecule has 2 heterocycles. The van der Waals surface area contributed by atoms with E-state index in [1.807, 2.05) is 43.5 Å². The van der Waals surface area contributed by atoms with Crippen LogP contribution in [0, 0.1) is 0 Å². The SMILES string of the molecule is CC1=NC2=CC=CC2=C1.[Cl-].[Cl-].[Zr+3].c1ccc(-c2cc3ccccc3[cH-]2)nc1. The van der Waals surface area contributed by atoms with Crippen molar-refractivity contribution in [2.75, 3.05) is 0 Å². The van der Waals surface area contributed by atoms with E-state index in [0.717, 1.165) is 17.1 Å². The molecule has 27 heavy (non-hydrogen) atoms. The van der Waals surface area contributed by atoms with Gasteiger partial charge in [0, 0.05) is 23.2 Å². The van der Waals surface area contributed by atoms with E-state index in [4.69, 9.17) is 0 Å². The van der Waals surface area contributed by atoms with Gasteiger partial charge in [-0.1, -0.05) is 42.5 Å². The van der Waals surface area contributed by atoms with Gasteiger partial charge in [0.05, 0.1) is 5.70 Å². The van der Waals surface area contributed by atoms with E-state index >= 15 is 0 Å². The van der Waals surface area contributed by atoms with Crippen LogP contribution < -0.4 is 24.8 Å². The zero-order valence-corrected chi connectivity index (χ0v) is 18.7. The van der Waals surface area contributed by atoms with E-state index in [1.54, 1.807) is 0 Å². The maximum Gasteiger partial charge on any atom is 3.00 e. The van der Waals surface area contributed by atoms with Gasteiger partial charge in [0.15, 0.2) is 0 Å². The second kappa shape index (κ2) is 10.6. The topological polar surface area (TPSA) is 25.2 Å². The Morgan fingerprint density at radius 1 is 0.963 bits per heavy atom. The molecule has 0 unspecified atom stereocenters. The Balaban J connectivity index is 0.000000266. The molecular formula is C22H17Cl2N2Zr. The Kier molecular flexibility index (Phi) is 9.19. The predicted octanol–water partition coefficient (Wildman–Crippen LogP) is -0.533. The van der Waals surface area contributed by atoms with Crippen molar-refractivity contribution < 1.29 is 51.0 Å².